The standard InChI is InChI=1S/C17H16BrClFNO2/c1-10(13-5-3-4-6-15(13)19)21-17(22)11(2)23-16-8-7-12(20)9-14(16)18/h3-11H,1-2H3,(H,21,22). The van der Waals surface area contributed by atoms with Crippen LogP contribution >= 0.6 is 27.5 Å². The molecule has 1 N–H and O–H groups in total. The number of amides is 1. The van der Waals surface area contributed by atoms with Crippen molar-refractivity contribution in [2.75, 3.05) is 0 Å². The first-order valence-electron chi connectivity index (χ1n) is 7.05. The van der Waals surface area contributed by atoms with Gasteiger partial charge in [0.1, 0.15) is 11.6 Å². The van der Waals surface area contributed by atoms with Crippen LogP contribution in [-0.2, 0) is 4.79 Å². The number of carbonyl (C=O) groups excluding carboxylic acids is 1. The number of halogens is 3. The van der Waals surface area contributed by atoms with Crippen molar-refractivity contribution >= 4 is 33.4 Å². The summed E-state index contributed by atoms with van der Waals surface area (Å²) in [5, 5.41) is 3.44. The number of benzene rings is 2. The second-order valence-corrected chi connectivity index (χ2v) is 6.35. The van der Waals surface area contributed by atoms with E-state index < -0.39 is 6.10 Å². The molecule has 23 heavy (non-hydrogen) atoms. The molecule has 0 aliphatic heterocycles. The lowest BCUT2D eigenvalue weighted by Gasteiger charge is -2.20. The third-order valence-corrected chi connectivity index (χ3v) is 4.26. The van der Waals surface area contributed by atoms with Crippen molar-refractivity contribution in [2.45, 2.75) is 26.0 Å². The number of nitrogens with one attached hydrogen (secondary N) is 1. The first-order chi connectivity index (χ1) is 10.9. The van der Waals surface area contributed by atoms with Crippen LogP contribution in [-0.4, -0.2) is 12.0 Å². The Morgan fingerprint density at radius 3 is 2.61 bits per heavy atom. The molecule has 0 fully saturated rings. The van der Waals surface area contributed by atoms with Crippen LogP contribution in [0.2, 0.25) is 5.02 Å². The van der Waals surface area contributed by atoms with E-state index in [2.05, 4.69) is 21.2 Å². The lowest BCUT2D eigenvalue weighted by Crippen LogP contribution is -2.37. The summed E-state index contributed by atoms with van der Waals surface area (Å²) in [6, 6.07) is 11.1. The molecule has 0 aromatic heterocycles. The summed E-state index contributed by atoms with van der Waals surface area (Å²) in [6.07, 6.45) is -0.735. The van der Waals surface area contributed by atoms with Gasteiger partial charge in [-0.15, -0.1) is 0 Å². The van der Waals surface area contributed by atoms with Gasteiger partial charge in [-0.25, -0.2) is 4.39 Å². The SMILES string of the molecule is CC(Oc1ccc(F)cc1Br)C(=O)NC(C)c1ccccc1Cl. The highest BCUT2D eigenvalue weighted by Crippen LogP contribution is 2.27. The van der Waals surface area contributed by atoms with Crippen molar-refractivity contribution in [1.29, 1.82) is 0 Å². The van der Waals surface area contributed by atoms with Crippen LogP contribution in [0.15, 0.2) is 46.9 Å². The van der Waals surface area contributed by atoms with Crippen LogP contribution in [0.25, 0.3) is 0 Å². The first-order valence-corrected chi connectivity index (χ1v) is 8.22. The molecule has 2 unspecified atom stereocenters. The molecular formula is C17H16BrClFNO2. The fourth-order valence-electron chi connectivity index (χ4n) is 2.05. The zero-order valence-corrected chi connectivity index (χ0v) is 15.0. The zero-order chi connectivity index (χ0) is 17.0. The zero-order valence-electron chi connectivity index (χ0n) is 12.6. The summed E-state index contributed by atoms with van der Waals surface area (Å²) in [6.45, 7) is 3.48. The molecule has 0 spiro atoms. The Balaban J connectivity index is 2.01. The van der Waals surface area contributed by atoms with Gasteiger partial charge in [-0.3, -0.25) is 4.79 Å². The maximum Gasteiger partial charge on any atom is 0.261 e. The molecule has 2 aromatic carbocycles. The number of rotatable bonds is 5. The van der Waals surface area contributed by atoms with Crippen molar-refractivity contribution in [3.63, 3.8) is 0 Å². The minimum absolute atomic E-state index is 0.251. The quantitative estimate of drug-likeness (QED) is 0.776. The van der Waals surface area contributed by atoms with Gasteiger partial charge < -0.3 is 10.1 Å². The molecule has 2 atom stereocenters. The van der Waals surface area contributed by atoms with Gasteiger partial charge in [0.25, 0.3) is 5.91 Å². The predicted molar refractivity (Wildman–Crippen MR) is 92.2 cm³/mol. The highest BCUT2D eigenvalue weighted by Gasteiger charge is 2.19. The number of ether oxygens (including phenoxy) is 1. The third kappa shape index (κ3) is 4.69. The van der Waals surface area contributed by atoms with Gasteiger partial charge in [0.05, 0.1) is 10.5 Å². The summed E-state index contributed by atoms with van der Waals surface area (Å²) in [7, 11) is 0. The molecule has 6 heteroatoms. The Labute approximate surface area is 147 Å². The van der Waals surface area contributed by atoms with Gasteiger partial charge in [0, 0.05) is 5.02 Å². The highest BCUT2D eigenvalue weighted by atomic mass is 79.9. The Kier molecular flexibility index (Phi) is 6.02. The first kappa shape index (κ1) is 17.8. The number of carbonyl (C=O) groups is 1. The smallest absolute Gasteiger partial charge is 0.261 e. The van der Waals surface area contributed by atoms with Gasteiger partial charge in [-0.2, -0.15) is 0 Å². The molecule has 0 saturated heterocycles. The van der Waals surface area contributed by atoms with Gasteiger partial charge in [0.15, 0.2) is 6.10 Å². The van der Waals surface area contributed by atoms with Gasteiger partial charge >= 0.3 is 0 Å². The van der Waals surface area contributed by atoms with Crippen LogP contribution in [0, 0.1) is 5.82 Å². The van der Waals surface area contributed by atoms with Gasteiger partial charge in [-0.1, -0.05) is 29.8 Å². The summed E-state index contributed by atoms with van der Waals surface area (Å²) in [4.78, 5) is 12.3. The molecule has 0 saturated carbocycles. The summed E-state index contributed by atoms with van der Waals surface area (Å²) in [5.41, 5.74) is 0.831. The van der Waals surface area contributed by atoms with E-state index >= 15 is 0 Å². The molecule has 0 heterocycles. The maximum atomic E-state index is 13.1. The molecule has 0 radical (unpaired) electrons. The van der Waals surface area contributed by atoms with Crippen LogP contribution in [0.5, 0.6) is 5.75 Å². The second kappa shape index (κ2) is 7.79. The molecule has 122 valence electrons. The molecule has 2 rings (SSSR count). The van der Waals surface area contributed by atoms with Gasteiger partial charge in [-0.05, 0) is 59.6 Å². The van der Waals surface area contributed by atoms with Crippen LogP contribution in [0.4, 0.5) is 4.39 Å². The van der Waals surface area contributed by atoms with E-state index in [1.807, 2.05) is 25.1 Å². The summed E-state index contributed by atoms with van der Waals surface area (Å²) >= 11 is 9.33. The molecule has 0 aliphatic rings. The number of hydrogen-bond donors (Lipinski definition) is 1. The topological polar surface area (TPSA) is 38.3 Å². The summed E-state index contributed by atoms with van der Waals surface area (Å²) < 4.78 is 19.1. The second-order valence-electron chi connectivity index (χ2n) is 5.09. The van der Waals surface area contributed by atoms with Crippen molar-refractivity contribution < 1.29 is 13.9 Å². The van der Waals surface area contributed by atoms with Crippen LogP contribution in [0.1, 0.15) is 25.5 Å². The average molecular weight is 401 g/mol. The molecule has 2 aromatic rings. The predicted octanol–water partition coefficient (Wildman–Crippen LogP) is 4.89. The maximum absolute atomic E-state index is 13.1. The van der Waals surface area contributed by atoms with Crippen LogP contribution < -0.4 is 10.1 Å². The van der Waals surface area contributed by atoms with E-state index in [0.717, 1.165) is 5.56 Å². The minimum atomic E-state index is -0.735. The average Bonchev–Trinajstić information content (AvgIpc) is 2.50. The molecular weight excluding hydrogens is 385 g/mol. The van der Waals surface area contributed by atoms with E-state index in [9.17, 15) is 9.18 Å². The van der Waals surface area contributed by atoms with Crippen molar-refractivity contribution in [3.05, 3.63) is 63.3 Å². The molecule has 1 amide bonds. The monoisotopic (exact) mass is 399 g/mol. The lowest BCUT2D eigenvalue weighted by molar-refractivity contribution is -0.127. The van der Waals surface area contributed by atoms with E-state index in [4.69, 9.17) is 16.3 Å². The van der Waals surface area contributed by atoms with Crippen LogP contribution in [0.3, 0.4) is 0 Å². The van der Waals surface area contributed by atoms with E-state index in [1.165, 1.54) is 18.2 Å². The minimum Gasteiger partial charge on any atom is -0.480 e. The highest BCUT2D eigenvalue weighted by molar-refractivity contribution is 9.10. The third-order valence-electron chi connectivity index (χ3n) is 3.30. The largest absolute Gasteiger partial charge is 0.480 e. The Hall–Kier alpha value is -1.59. The normalized spacial score (nSPS) is 13.3. The molecule has 0 bridgehead atoms. The molecule has 3 nitrogen and oxygen atoms in total. The fourth-order valence-corrected chi connectivity index (χ4v) is 2.79. The molecule has 0 aliphatic carbocycles. The summed E-state index contributed by atoms with van der Waals surface area (Å²) in [5.74, 6) is -0.262. The van der Waals surface area contributed by atoms with Crippen molar-refractivity contribution in [3.8, 4) is 5.75 Å². The Morgan fingerprint density at radius 1 is 1.26 bits per heavy atom. The van der Waals surface area contributed by atoms with E-state index in [0.29, 0.717) is 15.2 Å². The number of hydrogen-bond acceptors (Lipinski definition) is 2. The van der Waals surface area contributed by atoms with E-state index in [1.54, 1.807) is 13.0 Å². The van der Waals surface area contributed by atoms with Gasteiger partial charge in [0.2, 0.25) is 0 Å². The van der Waals surface area contributed by atoms with E-state index in [-0.39, 0.29) is 17.8 Å². The lowest BCUT2D eigenvalue weighted by atomic mass is 10.1. The van der Waals surface area contributed by atoms with Crippen molar-refractivity contribution in [1.82, 2.24) is 5.32 Å². The Bertz CT molecular complexity index is 711. The Morgan fingerprint density at radius 2 is 1.96 bits per heavy atom. The van der Waals surface area contributed by atoms with Crippen molar-refractivity contribution in [2.24, 2.45) is 0 Å². The fraction of sp³-hybridized carbons (Fsp3) is 0.235.